The molecule has 1 aliphatic rings. The van der Waals surface area contributed by atoms with Gasteiger partial charge in [-0.1, -0.05) is 6.92 Å². The van der Waals surface area contributed by atoms with E-state index >= 15 is 0 Å². The van der Waals surface area contributed by atoms with E-state index in [0.717, 1.165) is 0 Å². The van der Waals surface area contributed by atoms with Crippen LogP contribution >= 0.6 is 0 Å². The van der Waals surface area contributed by atoms with Crippen molar-refractivity contribution in [3.8, 4) is 0 Å². The van der Waals surface area contributed by atoms with Crippen molar-refractivity contribution in [1.29, 1.82) is 0 Å². The second-order valence-electron chi connectivity index (χ2n) is 5.75. The lowest BCUT2D eigenvalue weighted by Gasteiger charge is -2.41. The zero-order valence-electron chi connectivity index (χ0n) is 12.7. The molecule has 1 amide bonds. The van der Waals surface area contributed by atoms with Crippen LogP contribution in [0.15, 0.2) is 9.59 Å². The zero-order valence-corrected chi connectivity index (χ0v) is 12.7. The molecule has 4 N–H and O–H groups in total. The van der Waals surface area contributed by atoms with E-state index in [9.17, 15) is 24.6 Å². The number of carbonyl (C=O) groups excluding carboxylic acids is 1. The number of nitrogens with zero attached hydrogens (tertiary/aromatic N) is 1. The van der Waals surface area contributed by atoms with Crippen molar-refractivity contribution < 1.29 is 15.0 Å². The van der Waals surface area contributed by atoms with Gasteiger partial charge < -0.3 is 20.1 Å². The average molecular weight is 311 g/mol. The minimum absolute atomic E-state index is 0.0312. The van der Waals surface area contributed by atoms with Gasteiger partial charge in [-0.25, -0.2) is 4.79 Å². The Morgan fingerprint density at radius 1 is 1.41 bits per heavy atom. The third-order valence-corrected chi connectivity index (χ3v) is 4.38. The standard InChI is InChI=1S/C14H21N3O5/c1-3-14(22)4-5-17(7-10(14)18)11(19)6-9-8(2)15-13(21)16-12(9)20/h10,18,22H,3-7H2,1-2H3,(H2,15,16,20,21)/t10-,14-/m0/s1. The van der Waals surface area contributed by atoms with Gasteiger partial charge in [0.15, 0.2) is 0 Å². The van der Waals surface area contributed by atoms with E-state index in [0.29, 0.717) is 18.7 Å². The Labute approximate surface area is 126 Å². The molecular weight excluding hydrogens is 290 g/mol. The number of nitrogens with one attached hydrogen (secondary N) is 2. The Morgan fingerprint density at radius 2 is 2.09 bits per heavy atom. The van der Waals surface area contributed by atoms with Crippen molar-refractivity contribution in [1.82, 2.24) is 14.9 Å². The summed E-state index contributed by atoms with van der Waals surface area (Å²) in [6.45, 7) is 3.69. The normalized spacial score (nSPS) is 25.3. The molecule has 0 radical (unpaired) electrons. The summed E-state index contributed by atoms with van der Waals surface area (Å²) in [4.78, 5) is 41.1. The molecule has 1 aromatic rings. The van der Waals surface area contributed by atoms with E-state index in [-0.39, 0.29) is 30.9 Å². The van der Waals surface area contributed by atoms with Crippen molar-refractivity contribution in [2.45, 2.75) is 44.8 Å². The van der Waals surface area contributed by atoms with Crippen LogP contribution in [0, 0.1) is 6.92 Å². The molecule has 0 bridgehead atoms. The first-order valence-corrected chi connectivity index (χ1v) is 7.27. The van der Waals surface area contributed by atoms with Crippen molar-refractivity contribution in [2.75, 3.05) is 13.1 Å². The number of β-amino-alcohol motifs (C(OH)–C–C–N with tert-alkyl or cyclic N) is 1. The van der Waals surface area contributed by atoms with Crippen LogP contribution in [-0.4, -0.2) is 55.8 Å². The number of likely N-dealkylation sites (tertiary alicyclic amines) is 1. The van der Waals surface area contributed by atoms with Crippen LogP contribution in [-0.2, 0) is 11.2 Å². The number of piperidine rings is 1. The van der Waals surface area contributed by atoms with Gasteiger partial charge in [0.05, 0.1) is 12.0 Å². The SMILES string of the molecule is CC[C@]1(O)CCN(C(=O)Cc2c(C)[nH]c(=O)[nH]c2=O)C[C@@H]1O. The highest BCUT2D eigenvalue weighted by atomic mass is 16.3. The molecule has 122 valence electrons. The summed E-state index contributed by atoms with van der Waals surface area (Å²) in [7, 11) is 0. The van der Waals surface area contributed by atoms with Gasteiger partial charge in [0.2, 0.25) is 5.91 Å². The molecular formula is C14H21N3O5. The van der Waals surface area contributed by atoms with E-state index in [2.05, 4.69) is 9.97 Å². The second kappa shape index (κ2) is 6.05. The molecule has 0 aliphatic carbocycles. The largest absolute Gasteiger partial charge is 0.388 e. The van der Waals surface area contributed by atoms with Crippen LogP contribution in [0.1, 0.15) is 31.0 Å². The summed E-state index contributed by atoms with van der Waals surface area (Å²) in [5.41, 5.74) is -1.81. The molecule has 22 heavy (non-hydrogen) atoms. The van der Waals surface area contributed by atoms with Gasteiger partial charge in [0.1, 0.15) is 6.10 Å². The van der Waals surface area contributed by atoms with Crippen molar-refractivity contribution >= 4 is 5.91 Å². The topological polar surface area (TPSA) is 126 Å². The minimum atomic E-state index is -1.16. The summed E-state index contributed by atoms with van der Waals surface area (Å²) in [5.74, 6) is -0.321. The smallest absolute Gasteiger partial charge is 0.325 e. The first kappa shape index (κ1) is 16.4. The van der Waals surface area contributed by atoms with Gasteiger partial charge in [-0.3, -0.25) is 14.6 Å². The zero-order chi connectivity index (χ0) is 16.5. The number of aromatic nitrogens is 2. The number of aliphatic hydroxyl groups is 2. The summed E-state index contributed by atoms with van der Waals surface area (Å²) in [6, 6.07) is 0. The van der Waals surface area contributed by atoms with E-state index in [1.54, 1.807) is 13.8 Å². The lowest BCUT2D eigenvalue weighted by Crippen LogP contribution is -2.56. The molecule has 1 aromatic heterocycles. The first-order valence-electron chi connectivity index (χ1n) is 7.27. The third-order valence-electron chi connectivity index (χ3n) is 4.38. The quantitative estimate of drug-likeness (QED) is 0.549. The molecule has 2 heterocycles. The third kappa shape index (κ3) is 3.12. The fourth-order valence-electron chi connectivity index (χ4n) is 2.71. The van der Waals surface area contributed by atoms with E-state index in [1.807, 2.05) is 0 Å². The van der Waals surface area contributed by atoms with Crippen molar-refractivity contribution in [3.63, 3.8) is 0 Å². The molecule has 2 rings (SSSR count). The maximum absolute atomic E-state index is 12.3. The summed E-state index contributed by atoms with van der Waals surface area (Å²) in [5, 5.41) is 20.2. The molecule has 1 saturated heterocycles. The Hall–Kier alpha value is -1.93. The van der Waals surface area contributed by atoms with Crippen LogP contribution in [0.5, 0.6) is 0 Å². The molecule has 0 unspecified atom stereocenters. The number of rotatable bonds is 3. The second-order valence-corrected chi connectivity index (χ2v) is 5.75. The number of hydrogen-bond acceptors (Lipinski definition) is 5. The Kier molecular flexibility index (Phi) is 4.52. The summed E-state index contributed by atoms with van der Waals surface area (Å²) >= 11 is 0. The predicted molar refractivity (Wildman–Crippen MR) is 78.6 cm³/mol. The molecule has 2 atom stereocenters. The highest BCUT2D eigenvalue weighted by molar-refractivity contribution is 5.79. The molecule has 8 heteroatoms. The van der Waals surface area contributed by atoms with Crippen molar-refractivity contribution in [2.24, 2.45) is 0 Å². The van der Waals surface area contributed by atoms with Crippen LogP contribution < -0.4 is 11.2 Å². The number of amides is 1. The van der Waals surface area contributed by atoms with Crippen LogP contribution in [0.4, 0.5) is 0 Å². The molecule has 1 aliphatic heterocycles. The maximum Gasteiger partial charge on any atom is 0.325 e. The average Bonchev–Trinajstić information content (AvgIpc) is 2.45. The number of aliphatic hydroxyl groups excluding tert-OH is 1. The number of aromatic amines is 2. The molecule has 0 aromatic carbocycles. The van der Waals surface area contributed by atoms with Gasteiger partial charge in [0, 0.05) is 24.3 Å². The minimum Gasteiger partial charge on any atom is -0.388 e. The highest BCUT2D eigenvalue weighted by Gasteiger charge is 2.40. The molecule has 0 spiro atoms. The number of carbonyl (C=O) groups is 1. The molecule has 8 nitrogen and oxygen atoms in total. The molecule has 1 fully saturated rings. The Bertz CT molecular complexity index is 680. The fourth-order valence-corrected chi connectivity index (χ4v) is 2.71. The number of aryl methyl sites for hydroxylation is 1. The Morgan fingerprint density at radius 3 is 2.64 bits per heavy atom. The number of H-pyrrole nitrogens is 2. The van der Waals surface area contributed by atoms with Gasteiger partial charge in [-0.2, -0.15) is 0 Å². The lowest BCUT2D eigenvalue weighted by atomic mass is 9.86. The Balaban J connectivity index is 2.12. The van der Waals surface area contributed by atoms with Gasteiger partial charge in [0.25, 0.3) is 5.56 Å². The molecule has 0 saturated carbocycles. The van der Waals surface area contributed by atoms with E-state index in [4.69, 9.17) is 0 Å². The highest BCUT2D eigenvalue weighted by Crippen LogP contribution is 2.26. The van der Waals surface area contributed by atoms with E-state index in [1.165, 1.54) is 4.90 Å². The number of hydrogen-bond donors (Lipinski definition) is 4. The predicted octanol–water partition coefficient (Wildman–Crippen LogP) is -1.35. The first-order chi connectivity index (χ1) is 10.3. The fraction of sp³-hybridized carbons (Fsp3) is 0.643. The van der Waals surface area contributed by atoms with Crippen LogP contribution in [0.25, 0.3) is 0 Å². The van der Waals surface area contributed by atoms with Gasteiger partial charge >= 0.3 is 5.69 Å². The van der Waals surface area contributed by atoms with Gasteiger partial charge in [-0.05, 0) is 19.8 Å². The van der Waals surface area contributed by atoms with Crippen molar-refractivity contribution in [3.05, 3.63) is 32.1 Å². The lowest BCUT2D eigenvalue weighted by molar-refractivity contribution is -0.149. The van der Waals surface area contributed by atoms with Gasteiger partial charge in [-0.15, -0.1) is 0 Å². The maximum atomic E-state index is 12.3. The van der Waals surface area contributed by atoms with E-state index < -0.39 is 23.0 Å². The summed E-state index contributed by atoms with van der Waals surface area (Å²) < 4.78 is 0. The monoisotopic (exact) mass is 311 g/mol. The van der Waals surface area contributed by atoms with Crippen LogP contribution in [0.3, 0.4) is 0 Å². The van der Waals surface area contributed by atoms with Crippen LogP contribution in [0.2, 0.25) is 0 Å². The summed E-state index contributed by atoms with van der Waals surface area (Å²) in [6.07, 6.45) is -0.466.